The molecule has 3 rings (SSSR count). The minimum absolute atomic E-state index is 0.0122. The van der Waals surface area contributed by atoms with Gasteiger partial charge in [-0.3, -0.25) is 24.0 Å². The van der Waals surface area contributed by atoms with Crippen LogP contribution in [0.1, 0.15) is 15.9 Å². The number of carbonyl (C=O) groups is 1. The molecule has 1 amide bonds. The van der Waals surface area contributed by atoms with Crippen LogP contribution < -0.4 is 21.9 Å². The van der Waals surface area contributed by atoms with Gasteiger partial charge in [-0.05, 0) is 23.8 Å². The summed E-state index contributed by atoms with van der Waals surface area (Å²) in [6, 6.07) is 13.5. The van der Waals surface area contributed by atoms with Gasteiger partial charge in [0, 0.05) is 12.1 Å². The predicted octanol–water partition coefficient (Wildman–Crippen LogP) is 2.92. The molecule has 0 aliphatic heterocycles. The minimum atomic E-state index is -0.793. The van der Waals surface area contributed by atoms with Crippen molar-refractivity contribution in [3.05, 3.63) is 90.5 Å². The molecule has 0 saturated heterocycles. The number of amides is 1. The molecule has 0 aliphatic carbocycles. The van der Waals surface area contributed by atoms with Gasteiger partial charge in [0.05, 0.1) is 30.3 Å². The molecule has 0 atom stereocenters. The Labute approximate surface area is 187 Å². The largest absolute Gasteiger partial charge is 0.383 e. The van der Waals surface area contributed by atoms with Gasteiger partial charge < -0.3 is 10.5 Å². The van der Waals surface area contributed by atoms with Crippen molar-refractivity contribution in [1.29, 1.82) is 0 Å². The van der Waals surface area contributed by atoms with E-state index in [-0.39, 0.29) is 41.8 Å². The molecule has 8 nitrogen and oxygen atoms in total. The van der Waals surface area contributed by atoms with Gasteiger partial charge in [-0.25, -0.2) is 4.79 Å². The molecule has 1 heterocycles. The zero-order chi connectivity index (χ0) is 22.5. The number of nitrogens with one attached hydrogen (secondary N) is 1. The van der Waals surface area contributed by atoms with Gasteiger partial charge in [0.1, 0.15) is 5.82 Å². The summed E-state index contributed by atoms with van der Waals surface area (Å²) in [4.78, 5) is 41.9. The van der Waals surface area contributed by atoms with Gasteiger partial charge in [-0.1, -0.05) is 53.5 Å². The summed E-state index contributed by atoms with van der Waals surface area (Å²) in [5.41, 5.74) is 5.38. The number of methoxy groups -OCH3 is 1. The van der Waals surface area contributed by atoms with Gasteiger partial charge in [-0.15, -0.1) is 0 Å². The van der Waals surface area contributed by atoms with Crippen LogP contribution >= 0.6 is 23.2 Å². The number of halogens is 2. The summed E-state index contributed by atoms with van der Waals surface area (Å²) in [6.45, 7) is 0.289. The average molecular weight is 463 g/mol. The fourth-order valence-electron chi connectivity index (χ4n) is 3.07. The molecule has 10 heteroatoms. The second-order valence-electron chi connectivity index (χ2n) is 6.64. The highest BCUT2D eigenvalue weighted by Crippen LogP contribution is 2.27. The summed E-state index contributed by atoms with van der Waals surface area (Å²) in [5, 5.41) is 0.467. The van der Waals surface area contributed by atoms with E-state index in [1.165, 1.54) is 24.1 Å². The van der Waals surface area contributed by atoms with E-state index in [0.29, 0.717) is 5.02 Å². The maximum atomic E-state index is 13.5. The number of hydrogen-bond acceptors (Lipinski definition) is 5. The molecule has 1 aromatic heterocycles. The Bertz CT molecular complexity index is 1210. The summed E-state index contributed by atoms with van der Waals surface area (Å²) >= 11 is 12.3. The smallest absolute Gasteiger partial charge is 0.330 e. The van der Waals surface area contributed by atoms with Crippen LogP contribution in [-0.4, -0.2) is 29.2 Å². The van der Waals surface area contributed by atoms with Crippen LogP contribution in [0, 0.1) is 0 Å². The van der Waals surface area contributed by atoms with E-state index < -0.39 is 17.2 Å². The first-order chi connectivity index (χ1) is 14.8. The van der Waals surface area contributed by atoms with Gasteiger partial charge in [0.15, 0.2) is 5.69 Å². The number of nitrogens with two attached hydrogens (primary N) is 1. The van der Waals surface area contributed by atoms with Gasteiger partial charge in [-0.2, -0.15) is 0 Å². The Balaban J connectivity index is 2.19. The highest BCUT2D eigenvalue weighted by molar-refractivity contribution is 6.36. The van der Waals surface area contributed by atoms with E-state index in [0.717, 1.165) is 10.1 Å². The Morgan fingerprint density at radius 2 is 1.87 bits per heavy atom. The summed E-state index contributed by atoms with van der Waals surface area (Å²) in [6.07, 6.45) is 0. The van der Waals surface area contributed by atoms with E-state index in [2.05, 4.69) is 4.98 Å². The fourth-order valence-corrected chi connectivity index (χ4v) is 3.44. The molecule has 3 N–H and O–H groups in total. The van der Waals surface area contributed by atoms with Crippen molar-refractivity contribution in [3.63, 3.8) is 0 Å². The lowest BCUT2D eigenvalue weighted by Gasteiger charge is -2.25. The van der Waals surface area contributed by atoms with Gasteiger partial charge >= 0.3 is 5.69 Å². The zero-order valence-corrected chi connectivity index (χ0v) is 18.1. The molecular formula is C21H20Cl2N4O4. The Hall–Kier alpha value is -3.07. The molecular weight excluding hydrogens is 443 g/mol. The van der Waals surface area contributed by atoms with E-state index in [1.54, 1.807) is 30.3 Å². The Morgan fingerprint density at radius 3 is 2.55 bits per heavy atom. The number of ether oxygens (including phenoxy) is 1. The van der Waals surface area contributed by atoms with Crippen LogP contribution in [0.3, 0.4) is 0 Å². The minimum Gasteiger partial charge on any atom is -0.383 e. The molecule has 3 aromatic rings. The molecule has 162 valence electrons. The standard InChI is InChI=1S/C21H20Cl2N4O4/c1-31-10-9-26-18(24)17(19(28)25-21(26)30)27(12-13-5-3-2-4-6-13)20(29)15-11-14(22)7-8-16(15)23/h2-8,11H,9-10,12,24H2,1H3,(H,25,28,30). The Kier molecular flexibility index (Phi) is 7.17. The Morgan fingerprint density at radius 1 is 1.16 bits per heavy atom. The number of aromatic amines is 1. The average Bonchev–Trinajstić information content (AvgIpc) is 2.74. The van der Waals surface area contributed by atoms with Crippen molar-refractivity contribution in [1.82, 2.24) is 9.55 Å². The van der Waals surface area contributed by atoms with Crippen LogP contribution in [0.15, 0.2) is 58.1 Å². The van der Waals surface area contributed by atoms with Crippen LogP contribution in [-0.2, 0) is 17.8 Å². The second-order valence-corrected chi connectivity index (χ2v) is 7.48. The number of aromatic nitrogens is 2. The second kappa shape index (κ2) is 9.82. The molecule has 0 aliphatic rings. The molecule has 0 spiro atoms. The summed E-state index contributed by atoms with van der Waals surface area (Å²) < 4.78 is 6.15. The zero-order valence-electron chi connectivity index (χ0n) is 16.6. The van der Waals surface area contributed by atoms with Crippen molar-refractivity contribution in [3.8, 4) is 0 Å². The molecule has 0 unspecified atom stereocenters. The van der Waals surface area contributed by atoms with Crippen molar-refractivity contribution < 1.29 is 9.53 Å². The monoisotopic (exact) mass is 462 g/mol. The fraction of sp³-hybridized carbons (Fsp3) is 0.190. The molecule has 0 bridgehead atoms. The number of H-pyrrole nitrogens is 1. The van der Waals surface area contributed by atoms with Crippen molar-refractivity contribution >= 4 is 40.6 Å². The van der Waals surface area contributed by atoms with E-state index in [1.807, 2.05) is 6.07 Å². The van der Waals surface area contributed by atoms with Gasteiger partial charge in [0.2, 0.25) is 0 Å². The van der Waals surface area contributed by atoms with Crippen LogP contribution in [0.25, 0.3) is 0 Å². The summed E-state index contributed by atoms with van der Waals surface area (Å²) in [5.74, 6) is -0.751. The maximum Gasteiger partial charge on any atom is 0.330 e. The summed E-state index contributed by atoms with van der Waals surface area (Å²) in [7, 11) is 1.47. The third-order valence-corrected chi connectivity index (χ3v) is 5.16. The van der Waals surface area contributed by atoms with Crippen molar-refractivity contribution in [2.75, 3.05) is 24.4 Å². The lowest BCUT2D eigenvalue weighted by Crippen LogP contribution is -2.41. The first-order valence-electron chi connectivity index (χ1n) is 9.26. The molecule has 2 aromatic carbocycles. The number of benzene rings is 2. The quantitative estimate of drug-likeness (QED) is 0.560. The highest BCUT2D eigenvalue weighted by atomic mass is 35.5. The number of nitrogens with zero attached hydrogens (tertiary/aromatic N) is 2. The number of anilines is 2. The predicted molar refractivity (Wildman–Crippen MR) is 121 cm³/mol. The SMILES string of the molecule is COCCn1c(N)c(N(Cc2ccccc2)C(=O)c2cc(Cl)ccc2Cl)c(=O)[nH]c1=O. The molecule has 0 radical (unpaired) electrons. The number of rotatable bonds is 7. The van der Waals surface area contributed by atoms with E-state index in [9.17, 15) is 14.4 Å². The number of nitrogen functional groups attached to an aromatic ring is 1. The molecule has 0 saturated carbocycles. The first-order valence-corrected chi connectivity index (χ1v) is 10.0. The van der Waals surface area contributed by atoms with Crippen LogP contribution in [0.2, 0.25) is 10.0 Å². The van der Waals surface area contributed by atoms with E-state index >= 15 is 0 Å². The number of carbonyl (C=O) groups excluding carboxylic acids is 1. The third kappa shape index (κ3) is 4.99. The maximum absolute atomic E-state index is 13.5. The van der Waals surface area contributed by atoms with Crippen LogP contribution in [0.4, 0.5) is 11.5 Å². The van der Waals surface area contributed by atoms with Crippen LogP contribution in [0.5, 0.6) is 0 Å². The normalized spacial score (nSPS) is 10.8. The molecule has 31 heavy (non-hydrogen) atoms. The lowest BCUT2D eigenvalue weighted by molar-refractivity contribution is 0.0985. The topological polar surface area (TPSA) is 110 Å². The van der Waals surface area contributed by atoms with Gasteiger partial charge in [0.25, 0.3) is 11.5 Å². The third-order valence-electron chi connectivity index (χ3n) is 4.59. The number of hydrogen-bond donors (Lipinski definition) is 2. The van der Waals surface area contributed by atoms with Crippen molar-refractivity contribution in [2.24, 2.45) is 0 Å². The van der Waals surface area contributed by atoms with E-state index in [4.69, 9.17) is 33.7 Å². The lowest BCUT2D eigenvalue weighted by atomic mass is 10.1. The van der Waals surface area contributed by atoms with Crippen molar-refractivity contribution in [2.45, 2.75) is 13.1 Å². The molecule has 0 fully saturated rings. The highest BCUT2D eigenvalue weighted by Gasteiger charge is 2.27. The first kappa shape index (κ1) is 22.6.